The van der Waals surface area contributed by atoms with Gasteiger partial charge in [-0.1, -0.05) is 6.07 Å². The van der Waals surface area contributed by atoms with Gasteiger partial charge in [-0.25, -0.2) is 9.18 Å². The van der Waals surface area contributed by atoms with Crippen molar-refractivity contribution < 1.29 is 19.0 Å². The summed E-state index contributed by atoms with van der Waals surface area (Å²) in [4.78, 5) is 17.0. The van der Waals surface area contributed by atoms with E-state index in [0.717, 1.165) is 0 Å². The fourth-order valence-electron chi connectivity index (χ4n) is 1.98. The van der Waals surface area contributed by atoms with E-state index in [4.69, 9.17) is 9.84 Å². The normalized spacial score (nSPS) is 17.6. The van der Waals surface area contributed by atoms with Gasteiger partial charge in [0.1, 0.15) is 5.60 Å². The van der Waals surface area contributed by atoms with Gasteiger partial charge in [-0.2, -0.15) is 0 Å². The van der Waals surface area contributed by atoms with Crippen molar-refractivity contribution in [1.82, 2.24) is 9.88 Å². The number of carbonyl (C=O) groups excluding carboxylic acids is 1. The molecule has 1 amide bonds. The molecule has 0 radical (unpaired) electrons. The average molecular weight is 282 g/mol. The molecule has 0 saturated carbocycles. The van der Waals surface area contributed by atoms with Gasteiger partial charge >= 0.3 is 6.09 Å². The number of halogens is 1. The molecule has 1 aromatic rings. The highest BCUT2D eigenvalue weighted by Crippen LogP contribution is 2.36. The quantitative estimate of drug-likeness (QED) is 0.901. The zero-order valence-electron chi connectivity index (χ0n) is 11.9. The second-order valence-corrected chi connectivity index (χ2v) is 6.00. The Kier molecular flexibility index (Phi) is 3.69. The van der Waals surface area contributed by atoms with E-state index in [9.17, 15) is 9.18 Å². The summed E-state index contributed by atoms with van der Waals surface area (Å²) >= 11 is 0. The Hall–Kier alpha value is -1.69. The topological polar surface area (TPSA) is 62.7 Å². The Morgan fingerprint density at radius 3 is 2.60 bits per heavy atom. The molecule has 1 aliphatic heterocycles. The predicted octanol–water partition coefficient (Wildman–Crippen LogP) is 1.99. The SMILES string of the molecule is CC(C)(C)OC(=O)N1CC(F)(c2ccc(CO)nc2)C1. The third-order valence-corrected chi connectivity index (χ3v) is 3.04. The summed E-state index contributed by atoms with van der Waals surface area (Å²) in [5, 5.41) is 8.90. The molecule has 1 saturated heterocycles. The van der Waals surface area contributed by atoms with E-state index < -0.39 is 17.4 Å². The van der Waals surface area contributed by atoms with Crippen LogP contribution < -0.4 is 0 Å². The molecule has 5 nitrogen and oxygen atoms in total. The van der Waals surface area contributed by atoms with Gasteiger partial charge < -0.3 is 14.7 Å². The van der Waals surface area contributed by atoms with Crippen LogP contribution in [-0.2, 0) is 17.0 Å². The predicted molar refractivity (Wildman–Crippen MR) is 70.8 cm³/mol. The highest BCUT2D eigenvalue weighted by molar-refractivity contribution is 5.70. The van der Waals surface area contributed by atoms with Crippen molar-refractivity contribution in [3.63, 3.8) is 0 Å². The van der Waals surface area contributed by atoms with Gasteiger partial charge in [0.05, 0.1) is 25.4 Å². The molecule has 0 unspecified atom stereocenters. The number of nitrogens with zero attached hydrogens (tertiary/aromatic N) is 2. The molecule has 0 aliphatic carbocycles. The number of pyridine rings is 1. The molecule has 1 fully saturated rings. The van der Waals surface area contributed by atoms with Gasteiger partial charge in [-0.15, -0.1) is 0 Å². The highest BCUT2D eigenvalue weighted by atomic mass is 19.1. The molecule has 0 spiro atoms. The lowest BCUT2D eigenvalue weighted by Gasteiger charge is -2.44. The van der Waals surface area contributed by atoms with Crippen molar-refractivity contribution in [1.29, 1.82) is 0 Å². The molecule has 6 heteroatoms. The lowest BCUT2D eigenvalue weighted by Crippen LogP contribution is -2.59. The number of hydrogen-bond donors (Lipinski definition) is 1. The van der Waals surface area contributed by atoms with Crippen LogP contribution in [0.4, 0.5) is 9.18 Å². The van der Waals surface area contributed by atoms with Crippen molar-refractivity contribution in [2.24, 2.45) is 0 Å². The molecule has 1 aromatic heterocycles. The molecule has 0 bridgehead atoms. The van der Waals surface area contributed by atoms with Crippen LogP contribution in [0.25, 0.3) is 0 Å². The van der Waals surface area contributed by atoms with Crippen molar-refractivity contribution in [2.75, 3.05) is 13.1 Å². The van der Waals surface area contributed by atoms with Crippen LogP contribution in [0.3, 0.4) is 0 Å². The monoisotopic (exact) mass is 282 g/mol. The van der Waals surface area contributed by atoms with Crippen molar-refractivity contribution in [3.05, 3.63) is 29.6 Å². The van der Waals surface area contributed by atoms with Crippen molar-refractivity contribution in [3.8, 4) is 0 Å². The molecule has 1 aliphatic rings. The summed E-state index contributed by atoms with van der Waals surface area (Å²) in [5.74, 6) is 0. The first-order valence-corrected chi connectivity index (χ1v) is 6.47. The van der Waals surface area contributed by atoms with E-state index in [0.29, 0.717) is 11.3 Å². The Labute approximate surface area is 117 Å². The second-order valence-electron chi connectivity index (χ2n) is 6.00. The molecule has 20 heavy (non-hydrogen) atoms. The molecule has 2 rings (SSSR count). The van der Waals surface area contributed by atoms with E-state index in [2.05, 4.69) is 4.98 Å². The molecular formula is C14H19FN2O3. The van der Waals surface area contributed by atoms with E-state index in [1.807, 2.05) is 0 Å². The van der Waals surface area contributed by atoms with E-state index >= 15 is 0 Å². The standard InChI is InChI=1S/C14H19FN2O3/c1-13(2,3)20-12(19)17-8-14(15,9-17)10-4-5-11(7-18)16-6-10/h4-6,18H,7-9H2,1-3H3. The minimum atomic E-state index is -1.59. The fraction of sp³-hybridized carbons (Fsp3) is 0.571. The molecule has 1 N–H and O–H groups in total. The van der Waals surface area contributed by atoms with Crippen LogP contribution in [0.15, 0.2) is 18.3 Å². The van der Waals surface area contributed by atoms with E-state index in [-0.39, 0.29) is 19.7 Å². The number of aliphatic hydroxyl groups is 1. The number of aliphatic hydroxyl groups excluding tert-OH is 1. The van der Waals surface area contributed by atoms with Gasteiger partial charge in [-0.3, -0.25) is 4.98 Å². The first-order chi connectivity index (χ1) is 9.23. The summed E-state index contributed by atoms with van der Waals surface area (Å²) in [6.45, 7) is 5.05. The maximum absolute atomic E-state index is 14.6. The van der Waals surface area contributed by atoms with E-state index in [1.54, 1.807) is 32.9 Å². The van der Waals surface area contributed by atoms with Crippen molar-refractivity contribution in [2.45, 2.75) is 38.6 Å². The zero-order valence-corrected chi connectivity index (χ0v) is 11.9. The van der Waals surface area contributed by atoms with Gasteiger partial charge in [-0.05, 0) is 26.8 Å². The number of rotatable bonds is 2. The Morgan fingerprint density at radius 2 is 2.15 bits per heavy atom. The fourth-order valence-corrected chi connectivity index (χ4v) is 1.98. The Morgan fingerprint density at radius 1 is 1.50 bits per heavy atom. The molecular weight excluding hydrogens is 263 g/mol. The summed E-state index contributed by atoms with van der Waals surface area (Å²) < 4.78 is 19.7. The average Bonchev–Trinajstić information content (AvgIpc) is 2.33. The van der Waals surface area contributed by atoms with Gasteiger partial charge in [0.2, 0.25) is 0 Å². The molecule has 2 heterocycles. The number of likely N-dealkylation sites (tertiary alicyclic amines) is 1. The molecule has 0 atom stereocenters. The highest BCUT2D eigenvalue weighted by Gasteiger charge is 2.48. The Bertz CT molecular complexity index is 490. The van der Waals surface area contributed by atoms with Crippen LogP contribution in [-0.4, -0.2) is 39.8 Å². The lowest BCUT2D eigenvalue weighted by molar-refractivity contribution is -0.0539. The third kappa shape index (κ3) is 3.07. The van der Waals surface area contributed by atoms with Crippen LogP contribution in [0.2, 0.25) is 0 Å². The van der Waals surface area contributed by atoms with Gasteiger partial charge in [0, 0.05) is 11.8 Å². The largest absolute Gasteiger partial charge is 0.444 e. The summed E-state index contributed by atoms with van der Waals surface area (Å²) in [5.41, 5.74) is -1.27. The first kappa shape index (κ1) is 14.7. The van der Waals surface area contributed by atoms with Crippen LogP contribution >= 0.6 is 0 Å². The number of aromatic nitrogens is 1. The summed E-state index contributed by atoms with van der Waals surface area (Å²) in [6.07, 6.45) is 0.892. The number of hydrogen-bond acceptors (Lipinski definition) is 4. The maximum atomic E-state index is 14.6. The minimum absolute atomic E-state index is 0.0396. The van der Waals surface area contributed by atoms with Crippen LogP contribution in [0.1, 0.15) is 32.0 Å². The minimum Gasteiger partial charge on any atom is -0.444 e. The number of amides is 1. The summed E-state index contributed by atoms with van der Waals surface area (Å²) in [6, 6.07) is 3.16. The maximum Gasteiger partial charge on any atom is 0.410 e. The van der Waals surface area contributed by atoms with E-state index in [1.165, 1.54) is 11.1 Å². The van der Waals surface area contributed by atoms with Gasteiger partial charge in [0.15, 0.2) is 5.67 Å². The molecule has 110 valence electrons. The number of carbonyl (C=O) groups is 1. The summed E-state index contributed by atoms with van der Waals surface area (Å²) in [7, 11) is 0. The van der Waals surface area contributed by atoms with Crippen molar-refractivity contribution >= 4 is 6.09 Å². The lowest BCUT2D eigenvalue weighted by atomic mass is 9.89. The third-order valence-electron chi connectivity index (χ3n) is 3.04. The second kappa shape index (κ2) is 5.01. The van der Waals surface area contributed by atoms with Gasteiger partial charge in [0.25, 0.3) is 0 Å². The number of ether oxygens (including phenoxy) is 1. The first-order valence-electron chi connectivity index (χ1n) is 6.47. The van der Waals surface area contributed by atoms with Crippen LogP contribution in [0.5, 0.6) is 0 Å². The zero-order chi connectivity index (χ0) is 15.0. The van der Waals surface area contributed by atoms with Crippen LogP contribution in [0, 0.1) is 0 Å². The molecule has 0 aromatic carbocycles. The smallest absolute Gasteiger partial charge is 0.410 e. The number of alkyl halides is 1. The Balaban J connectivity index is 1.98.